The van der Waals surface area contributed by atoms with E-state index in [9.17, 15) is 22.4 Å². The van der Waals surface area contributed by atoms with Crippen LogP contribution in [0.3, 0.4) is 0 Å². The van der Waals surface area contributed by atoms with E-state index in [2.05, 4.69) is 21.2 Å². The molecular weight excluding hydrogens is 605 g/mol. The van der Waals surface area contributed by atoms with Gasteiger partial charge in [-0.25, -0.2) is 12.8 Å². The van der Waals surface area contributed by atoms with Crippen LogP contribution < -0.4 is 19.1 Å². The van der Waals surface area contributed by atoms with Gasteiger partial charge >= 0.3 is 0 Å². The maximum Gasteiger partial charge on any atom is 0.264 e. The second-order valence-corrected chi connectivity index (χ2v) is 11.5. The molecule has 0 aliphatic heterocycles. The number of anilines is 1. The summed E-state index contributed by atoms with van der Waals surface area (Å²) >= 11 is 3.41. The Morgan fingerprint density at radius 3 is 2.27 bits per heavy atom. The normalized spacial score (nSPS) is 11.8. The lowest BCUT2D eigenvalue weighted by atomic mass is 10.1. The van der Waals surface area contributed by atoms with E-state index in [4.69, 9.17) is 9.47 Å². The molecule has 0 saturated heterocycles. The van der Waals surface area contributed by atoms with Crippen LogP contribution in [0.4, 0.5) is 10.1 Å². The number of carbonyl (C=O) groups excluding carboxylic acids is 2. The average Bonchev–Trinajstić information content (AvgIpc) is 2.94. The molecule has 1 N–H and O–H groups in total. The first kappa shape index (κ1) is 30.9. The summed E-state index contributed by atoms with van der Waals surface area (Å²) in [4.78, 5) is 27.8. The lowest BCUT2D eigenvalue weighted by molar-refractivity contribution is -0.139. The van der Waals surface area contributed by atoms with Crippen molar-refractivity contribution in [1.82, 2.24) is 10.2 Å². The number of carbonyl (C=O) groups is 2. The van der Waals surface area contributed by atoms with Gasteiger partial charge in [-0.05, 0) is 67.9 Å². The highest BCUT2D eigenvalue weighted by Gasteiger charge is 2.33. The molecule has 0 radical (unpaired) electrons. The van der Waals surface area contributed by atoms with E-state index in [1.165, 1.54) is 49.5 Å². The zero-order valence-electron chi connectivity index (χ0n) is 22.6. The summed E-state index contributed by atoms with van der Waals surface area (Å²) in [6.45, 7) is 3.09. The molecule has 0 aromatic heterocycles. The minimum Gasteiger partial charge on any atom is -0.493 e. The van der Waals surface area contributed by atoms with Crippen molar-refractivity contribution in [3.63, 3.8) is 0 Å². The fourth-order valence-corrected chi connectivity index (χ4v) is 5.85. The summed E-state index contributed by atoms with van der Waals surface area (Å²) in [7, 11) is -1.57. The smallest absolute Gasteiger partial charge is 0.264 e. The quantitative estimate of drug-likeness (QED) is 0.317. The number of sulfonamides is 1. The van der Waals surface area contributed by atoms with Crippen molar-refractivity contribution in [1.29, 1.82) is 0 Å². The Morgan fingerprint density at radius 2 is 1.68 bits per heavy atom. The highest BCUT2D eigenvalue weighted by Crippen LogP contribution is 2.32. The summed E-state index contributed by atoms with van der Waals surface area (Å²) in [5, 5.41) is 2.71. The van der Waals surface area contributed by atoms with Gasteiger partial charge in [-0.3, -0.25) is 13.9 Å². The third-order valence-corrected chi connectivity index (χ3v) is 8.36. The Labute approximate surface area is 242 Å². The molecule has 3 rings (SSSR count). The van der Waals surface area contributed by atoms with Crippen molar-refractivity contribution in [2.75, 3.05) is 31.6 Å². The first-order chi connectivity index (χ1) is 19.0. The highest BCUT2D eigenvalue weighted by atomic mass is 79.9. The number of nitrogens with one attached hydrogen (secondary N) is 1. The largest absolute Gasteiger partial charge is 0.493 e. The minimum atomic E-state index is -4.37. The van der Waals surface area contributed by atoms with Crippen molar-refractivity contribution < 1.29 is 31.9 Å². The molecule has 214 valence electrons. The second kappa shape index (κ2) is 13.6. The summed E-state index contributed by atoms with van der Waals surface area (Å²) in [6.07, 6.45) is 0. The number of halogens is 2. The standard InChI is InChI=1S/C28H31BrFN3O6S/c1-5-31-28(35)19(2)32(17-20-7-6-8-21(29)15-20)27(34)18-33(23-11-9-22(30)10-12-23)40(36,37)24-13-14-25(38-3)26(16-24)39-4/h6-16,19H,5,17-18H2,1-4H3,(H,31,35)/t19-/m1/s1. The lowest BCUT2D eigenvalue weighted by Crippen LogP contribution is -2.51. The van der Waals surface area contributed by atoms with Gasteiger partial charge in [0.25, 0.3) is 10.0 Å². The van der Waals surface area contributed by atoms with Crippen LogP contribution in [-0.4, -0.2) is 58.5 Å². The molecular formula is C28H31BrFN3O6S. The monoisotopic (exact) mass is 635 g/mol. The predicted octanol–water partition coefficient (Wildman–Crippen LogP) is 4.35. The van der Waals surface area contributed by atoms with Gasteiger partial charge < -0.3 is 19.7 Å². The maximum absolute atomic E-state index is 13.9. The van der Waals surface area contributed by atoms with E-state index in [1.807, 2.05) is 12.1 Å². The van der Waals surface area contributed by atoms with Crippen LogP contribution in [0.2, 0.25) is 0 Å². The van der Waals surface area contributed by atoms with Crippen molar-refractivity contribution >= 4 is 43.5 Å². The Bertz CT molecular complexity index is 1450. The van der Waals surface area contributed by atoms with Gasteiger partial charge in [0.1, 0.15) is 18.4 Å². The Hall–Kier alpha value is -3.64. The number of hydrogen-bond acceptors (Lipinski definition) is 6. The van der Waals surface area contributed by atoms with Crippen LogP contribution in [0.5, 0.6) is 11.5 Å². The molecule has 3 aromatic carbocycles. The number of likely N-dealkylation sites (N-methyl/N-ethyl adjacent to an activating group) is 1. The van der Waals surface area contributed by atoms with E-state index >= 15 is 0 Å². The van der Waals surface area contributed by atoms with E-state index in [-0.39, 0.29) is 28.8 Å². The molecule has 0 bridgehead atoms. The minimum absolute atomic E-state index is 0.0459. The van der Waals surface area contributed by atoms with Gasteiger partial charge in [0.15, 0.2) is 11.5 Å². The molecule has 0 aliphatic carbocycles. The van der Waals surface area contributed by atoms with Crippen molar-refractivity contribution in [2.24, 2.45) is 0 Å². The number of benzene rings is 3. The highest BCUT2D eigenvalue weighted by molar-refractivity contribution is 9.10. The molecule has 40 heavy (non-hydrogen) atoms. The summed E-state index contributed by atoms with van der Waals surface area (Å²) < 4.78 is 53.8. The number of amides is 2. The van der Waals surface area contributed by atoms with Crippen molar-refractivity contribution in [2.45, 2.75) is 31.3 Å². The SMILES string of the molecule is CCNC(=O)[C@@H](C)N(Cc1cccc(Br)c1)C(=O)CN(c1ccc(F)cc1)S(=O)(=O)c1ccc(OC)c(OC)c1. The fourth-order valence-electron chi connectivity index (χ4n) is 3.98. The van der Waals surface area contributed by atoms with Crippen molar-refractivity contribution in [3.05, 3.63) is 82.6 Å². The van der Waals surface area contributed by atoms with E-state index in [1.54, 1.807) is 26.0 Å². The van der Waals surface area contributed by atoms with Gasteiger partial charge in [-0.15, -0.1) is 0 Å². The first-order valence-electron chi connectivity index (χ1n) is 12.3. The number of hydrogen-bond donors (Lipinski definition) is 1. The van der Waals surface area contributed by atoms with Gasteiger partial charge in [0.05, 0.1) is 24.8 Å². The van der Waals surface area contributed by atoms with Gasteiger partial charge in [-0.2, -0.15) is 0 Å². The molecule has 12 heteroatoms. The van der Waals surface area contributed by atoms with Crippen LogP contribution in [0.15, 0.2) is 76.1 Å². The maximum atomic E-state index is 13.9. The Balaban J connectivity index is 2.07. The van der Waals surface area contributed by atoms with Crippen LogP contribution >= 0.6 is 15.9 Å². The molecule has 3 aromatic rings. The molecule has 9 nitrogen and oxygen atoms in total. The van der Waals surface area contributed by atoms with Crippen LogP contribution in [0.1, 0.15) is 19.4 Å². The molecule has 0 aliphatic rings. The second-order valence-electron chi connectivity index (χ2n) is 8.73. The molecule has 1 atom stereocenters. The molecule has 2 amide bonds. The Kier molecular flexibility index (Phi) is 10.5. The zero-order valence-corrected chi connectivity index (χ0v) is 25.0. The van der Waals surface area contributed by atoms with Crippen LogP contribution in [0, 0.1) is 5.82 Å². The molecule has 0 unspecified atom stereocenters. The molecule has 0 spiro atoms. The van der Waals surface area contributed by atoms with Gasteiger partial charge in [0.2, 0.25) is 11.8 Å². The zero-order chi connectivity index (χ0) is 29.4. The van der Waals surface area contributed by atoms with Crippen molar-refractivity contribution in [3.8, 4) is 11.5 Å². The number of ether oxygens (including phenoxy) is 2. The number of methoxy groups -OCH3 is 2. The van der Waals surface area contributed by atoms with E-state index in [0.717, 1.165) is 26.5 Å². The van der Waals surface area contributed by atoms with E-state index < -0.39 is 34.3 Å². The van der Waals surface area contributed by atoms with Crippen LogP contribution in [0.25, 0.3) is 0 Å². The third kappa shape index (κ3) is 7.30. The van der Waals surface area contributed by atoms with Crippen LogP contribution in [-0.2, 0) is 26.2 Å². The molecule has 0 saturated carbocycles. The molecule has 0 heterocycles. The predicted molar refractivity (Wildman–Crippen MR) is 153 cm³/mol. The topological polar surface area (TPSA) is 105 Å². The number of rotatable bonds is 12. The van der Waals surface area contributed by atoms with Gasteiger partial charge in [-0.1, -0.05) is 28.1 Å². The number of nitrogens with zero attached hydrogens (tertiary/aromatic N) is 2. The average molecular weight is 637 g/mol. The summed E-state index contributed by atoms with van der Waals surface area (Å²) in [5.74, 6) is -1.09. The fraction of sp³-hybridized carbons (Fsp3) is 0.286. The first-order valence-corrected chi connectivity index (χ1v) is 14.6. The third-order valence-electron chi connectivity index (χ3n) is 6.10. The lowest BCUT2D eigenvalue weighted by Gasteiger charge is -2.32. The summed E-state index contributed by atoms with van der Waals surface area (Å²) in [6, 6.07) is 15.1. The van der Waals surface area contributed by atoms with E-state index in [0.29, 0.717) is 12.3 Å². The Morgan fingerprint density at radius 1 is 1.00 bits per heavy atom. The molecule has 0 fully saturated rings. The summed E-state index contributed by atoms with van der Waals surface area (Å²) in [5.41, 5.74) is 0.799. The van der Waals surface area contributed by atoms with Gasteiger partial charge in [0, 0.05) is 23.6 Å².